The van der Waals surface area contributed by atoms with E-state index in [2.05, 4.69) is 26.5 Å². The summed E-state index contributed by atoms with van der Waals surface area (Å²) in [5.41, 5.74) is 3.56. The summed E-state index contributed by atoms with van der Waals surface area (Å²) in [5, 5.41) is 13.6. The molecule has 3 aromatic rings. The van der Waals surface area contributed by atoms with Gasteiger partial charge in [0.15, 0.2) is 0 Å². The van der Waals surface area contributed by atoms with Crippen molar-refractivity contribution in [1.82, 2.24) is 5.43 Å². The Hall–Kier alpha value is -3.39. The monoisotopic (exact) mass is 456 g/mol. The number of benzene rings is 2. The van der Waals surface area contributed by atoms with Gasteiger partial charge >= 0.3 is 5.97 Å². The number of hydrogen-bond acceptors (Lipinski definition) is 6. The molecule has 0 saturated carbocycles. The number of hydrazone groups is 1. The smallest absolute Gasteiger partial charge is 0.338 e. The zero-order valence-electron chi connectivity index (χ0n) is 15.4. The van der Waals surface area contributed by atoms with Crippen LogP contribution in [-0.2, 0) is 4.74 Å². The summed E-state index contributed by atoms with van der Waals surface area (Å²) < 4.78 is 11.3. The van der Waals surface area contributed by atoms with Crippen LogP contribution in [0.25, 0.3) is 11.3 Å². The van der Waals surface area contributed by atoms with Crippen molar-refractivity contribution in [1.29, 1.82) is 0 Å². The third kappa shape index (κ3) is 5.11. The number of nitrogens with zero attached hydrogens (tertiary/aromatic N) is 1. The van der Waals surface area contributed by atoms with Crippen molar-refractivity contribution in [2.45, 2.75) is 6.92 Å². The van der Waals surface area contributed by atoms with Crippen molar-refractivity contribution in [3.63, 3.8) is 0 Å². The van der Waals surface area contributed by atoms with E-state index in [9.17, 15) is 14.7 Å². The number of amides is 1. The molecule has 148 valence electrons. The van der Waals surface area contributed by atoms with Gasteiger partial charge in [0.25, 0.3) is 5.91 Å². The predicted molar refractivity (Wildman–Crippen MR) is 111 cm³/mol. The van der Waals surface area contributed by atoms with Crippen LogP contribution in [0.4, 0.5) is 0 Å². The number of halogens is 1. The molecule has 2 N–H and O–H groups in total. The van der Waals surface area contributed by atoms with Crippen LogP contribution in [0.2, 0.25) is 0 Å². The molecule has 1 aromatic heterocycles. The average Bonchev–Trinajstić information content (AvgIpc) is 3.19. The molecule has 8 heteroatoms. The summed E-state index contributed by atoms with van der Waals surface area (Å²) in [4.78, 5) is 24.0. The molecule has 7 nitrogen and oxygen atoms in total. The Morgan fingerprint density at radius 2 is 2.03 bits per heavy atom. The van der Waals surface area contributed by atoms with Crippen molar-refractivity contribution >= 4 is 34.0 Å². The first-order valence-corrected chi connectivity index (χ1v) is 9.46. The second-order valence-electron chi connectivity index (χ2n) is 5.86. The summed E-state index contributed by atoms with van der Waals surface area (Å²) in [5.74, 6) is -0.174. The Balaban J connectivity index is 1.69. The first-order chi connectivity index (χ1) is 14.0. The second-order valence-corrected chi connectivity index (χ2v) is 6.78. The van der Waals surface area contributed by atoms with Crippen LogP contribution in [-0.4, -0.2) is 29.8 Å². The van der Waals surface area contributed by atoms with Crippen LogP contribution >= 0.6 is 15.9 Å². The quantitative estimate of drug-likeness (QED) is 0.326. The molecule has 29 heavy (non-hydrogen) atoms. The Morgan fingerprint density at radius 3 is 2.83 bits per heavy atom. The summed E-state index contributed by atoms with van der Waals surface area (Å²) in [6.07, 6.45) is 1.34. The van der Waals surface area contributed by atoms with Gasteiger partial charge < -0.3 is 14.3 Å². The molecule has 0 aliphatic heterocycles. The number of nitrogens with one attached hydrogen (secondary N) is 1. The third-order valence-corrected chi connectivity index (χ3v) is 4.34. The van der Waals surface area contributed by atoms with Crippen molar-refractivity contribution < 1.29 is 23.8 Å². The highest BCUT2D eigenvalue weighted by molar-refractivity contribution is 9.10. The molecule has 0 radical (unpaired) electrons. The molecule has 0 aliphatic rings. The zero-order chi connectivity index (χ0) is 20.8. The standard InChI is InChI=1S/C21H17BrN2O5/c1-2-28-21(27)14-5-3-4-13(10-14)19-9-7-16(29-19)12-23-24-20(26)17-11-15(22)6-8-18(17)25/h3-12,25H,2H2,1H3,(H,24,26)/b23-12-. The normalized spacial score (nSPS) is 10.8. The number of carbonyl (C=O) groups is 2. The average molecular weight is 457 g/mol. The minimum Gasteiger partial charge on any atom is -0.507 e. The van der Waals surface area contributed by atoms with Gasteiger partial charge in [-0.15, -0.1) is 0 Å². The number of aromatic hydroxyl groups is 1. The van der Waals surface area contributed by atoms with Crippen LogP contribution in [0.15, 0.2) is 68.6 Å². The van der Waals surface area contributed by atoms with Crippen LogP contribution in [0.3, 0.4) is 0 Å². The number of ether oxygens (including phenoxy) is 1. The molecule has 1 heterocycles. The van der Waals surface area contributed by atoms with E-state index >= 15 is 0 Å². The number of carbonyl (C=O) groups excluding carboxylic acids is 2. The van der Waals surface area contributed by atoms with Crippen molar-refractivity contribution in [2.75, 3.05) is 6.61 Å². The number of phenols is 1. The Labute approximate surface area is 175 Å². The molecule has 0 aliphatic carbocycles. The lowest BCUT2D eigenvalue weighted by atomic mass is 10.1. The lowest BCUT2D eigenvalue weighted by Gasteiger charge is -2.03. The summed E-state index contributed by atoms with van der Waals surface area (Å²) in [6, 6.07) is 14.8. The molecule has 0 spiro atoms. The van der Waals surface area contributed by atoms with E-state index in [1.54, 1.807) is 49.4 Å². The number of rotatable bonds is 6. The summed E-state index contributed by atoms with van der Waals surface area (Å²) in [6.45, 7) is 2.05. The minimum atomic E-state index is -0.561. The van der Waals surface area contributed by atoms with E-state index in [4.69, 9.17) is 9.15 Å². The third-order valence-electron chi connectivity index (χ3n) is 3.85. The van der Waals surface area contributed by atoms with Gasteiger partial charge in [-0.2, -0.15) is 5.10 Å². The van der Waals surface area contributed by atoms with Gasteiger partial charge in [-0.3, -0.25) is 4.79 Å². The molecule has 0 saturated heterocycles. The van der Waals surface area contributed by atoms with Gasteiger partial charge in [0.2, 0.25) is 0 Å². The van der Waals surface area contributed by atoms with Crippen LogP contribution in [0, 0.1) is 0 Å². The predicted octanol–water partition coefficient (Wildman–Crippen LogP) is 4.36. The molecule has 0 fully saturated rings. The Morgan fingerprint density at radius 1 is 1.21 bits per heavy atom. The summed E-state index contributed by atoms with van der Waals surface area (Å²) in [7, 11) is 0. The largest absolute Gasteiger partial charge is 0.507 e. The molecule has 2 aromatic carbocycles. The van der Waals surface area contributed by atoms with Gasteiger partial charge in [0, 0.05) is 10.0 Å². The Kier molecular flexibility index (Phi) is 6.46. The van der Waals surface area contributed by atoms with Crippen LogP contribution < -0.4 is 5.43 Å². The highest BCUT2D eigenvalue weighted by Crippen LogP contribution is 2.23. The fraction of sp³-hybridized carbons (Fsp3) is 0.0952. The lowest BCUT2D eigenvalue weighted by molar-refractivity contribution is 0.0526. The maximum atomic E-state index is 12.1. The van der Waals surface area contributed by atoms with Crippen molar-refractivity contribution in [3.05, 3.63) is 76.0 Å². The zero-order valence-corrected chi connectivity index (χ0v) is 17.0. The van der Waals surface area contributed by atoms with E-state index in [1.165, 1.54) is 18.3 Å². The molecule has 3 rings (SSSR count). The van der Waals surface area contributed by atoms with Crippen molar-refractivity contribution in [2.24, 2.45) is 5.10 Å². The fourth-order valence-corrected chi connectivity index (χ4v) is 2.86. The number of phenolic OH excluding ortho intramolecular Hbond substituents is 1. The molecular weight excluding hydrogens is 440 g/mol. The van der Waals surface area contributed by atoms with Crippen molar-refractivity contribution in [3.8, 4) is 17.1 Å². The minimum absolute atomic E-state index is 0.0902. The molecule has 0 unspecified atom stereocenters. The van der Waals surface area contributed by atoms with E-state index in [0.717, 1.165) is 0 Å². The van der Waals surface area contributed by atoms with Gasteiger partial charge in [-0.25, -0.2) is 10.2 Å². The van der Waals surface area contributed by atoms with E-state index < -0.39 is 11.9 Å². The molecule has 0 atom stereocenters. The van der Waals surface area contributed by atoms with Gasteiger partial charge in [-0.05, 0) is 49.4 Å². The van der Waals surface area contributed by atoms with Gasteiger partial charge in [0.1, 0.15) is 17.3 Å². The van der Waals surface area contributed by atoms with E-state index in [1.807, 2.05) is 0 Å². The molecule has 1 amide bonds. The second kappa shape index (κ2) is 9.20. The van der Waals surface area contributed by atoms with Gasteiger partial charge in [0.05, 0.1) is 23.9 Å². The summed E-state index contributed by atoms with van der Waals surface area (Å²) >= 11 is 3.24. The number of esters is 1. The topological polar surface area (TPSA) is 101 Å². The lowest BCUT2D eigenvalue weighted by Crippen LogP contribution is -2.17. The van der Waals surface area contributed by atoms with E-state index in [-0.39, 0.29) is 11.3 Å². The maximum Gasteiger partial charge on any atom is 0.338 e. The SMILES string of the molecule is CCOC(=O)c1cccc(-c2ccc(/C=N\NC(=O)c3cc(Br)ccc3O)o2)c1. The maximum absolute atomic E-state index is 12.1. The number of hydrogen-bond donors (Lipinski definition) is 2. The van der Waals surface area contributed by atoms with E-state index in [0.29, 0.717) is 33.7 Å². The first-order valence-electron chi connectivity index (χ1n) is 8.67. The molecular formula is C21H17BrN2O5. The molecule has 0 bridgehead atoms. The Bertz CT molecular complexity index is 1070. The van der Waals surface area contributed by atoms with Gasteiger partial charge in [-0.1, -0.05) is 28.1 Å². The fourth-order valence-electron chi connectivity index (χ4n) is 2.50. The van der Waals surface area contributed by atoms with Crippen LogP contribution in [0.5, 0.6) is 5.75 Å². The highest BCUT2D eigenvalue weighted by atomic mass is 79.9. The first kappa shape index (κ1) is 20.3. The number of furan rings is 1. The highest BCUT2D eigenvalue weighted by Gasteiger charge is 2.12. The van der Waals surface area contributed by atoms with Crippen LogP contribution in [0.1, 0.15) is 33.4 Å².